The number of hydrogen-bond donors (Lipinski definition) is 2. The van der Waals surface area contributed by atoms with Crippen molar-refractivity contribution in [1.29, 1.82) is 0 Å². The van der Waals surface area contributed by atoms with Gasteiger partial charge in [0.2, 0.25) is 0 Å². The Morgan fingerprint density at radius 1 is 1.17 bits per heavy atom. The molecule has 2 aromatic rings. The summed E-state index contributed by atoms with van der Waals surface area (Å²) in [5.41, 5.74) is -0.0223. The third kappa shape index (κ3) is 4.48. The van der Waals surface area contributed by atoms with Gasteiger partial charge in [0.15, 0.2) is 5.69 Å². The first-order chi connectivity index (χ1) is 16.9. The predicted octanol–water partition coefficient (Wildman–Crippen LogP) is 3.15. The van der Waals surface area contributed by atoms with Gasteiger partial charge < -0.3 is 24.8 Å². The van der Waals surface area contributed by atoms with Crippen LogP contribution in [-0.4, -0.2) is 58.7 Å². The van der Waals surface area contributed by atoms with Crippen molar-refractivity contribution < 1.29 is 19.4 Å². The zero-order valence-corrected chi connectivity index (χ0v) is 20.7. The van der Waals surface area contributed by atoms with Crippen molar-refractivity contribution in [3.8, 4) is 11.5 Å². The first kappa shape index (κ1) is 22.7. The zero-order chi connectivity index (χ0) is 24.2. The Hall–Kier alpha value is -2.74. The molecule has 7 rings (SSSR count). The Balaban J connectivity index is 1.10. The Bertz CT molecular complexity index is 1060. The summed E-state index contributed by atoms with van der Waals surface area (Å²) in [6, 6.07) is 10.1. The van der Waals surface area contributed by atoms with Crippen molar-refractivity contribution in [2.75, 3.05) is 25.2 Å². The van der Waals surface area contributed by atoms with Gasteiger partial charge in [0.25, 0.3) is 5.91 Å². The summed E-state index contributed by atoms with van der Waals surface area (Å²) < 4.78 is 13.0. The zero-order valence-electron chi connectivity index (χ0n) is 20.7. The maximum absolute atomic E-state index is 13.2. The number of carbonyl (C=O) groups is 1. The van der Waals surface area contributed by atoms with E-state index < -0.39 is 5.60 Å². The molecule has 0 saturated heterocycles. The molecule has 2 unspecified atom stereocenters. The number of benzene rings is 1. The summed E-state index contributed by atoms with van der Waals surface area (Å²) in [6.45, 7) is 1.27. The van der Waals surface area contributed by atoms with E-state index in [1.807, 2.05) is 42.1 Å². The van der Waals surface area contributed by atoms with Crippen molar-refractivity contribution in [3.63, 3.8) is 0 Å². The third-order valence-electron chi connectivity index (χ3n) is 8.57. The van der Waals surface area contributed by atoms with Crippen molar-refractivity contribution in [3.05, 3.63) is 36.0 Å². The molecule has 35 heavy (non-hydrogen) atoms. The van der Waals surface area contributed by atoms with Crippen molar-refractivity contribution >= 4 is 11.7 Å². The average molecular weight is 481 g/mol. The predicted molar refractivity (Wildman–Crippen MR) is 132 cm³/mol. The number of aryl methyl sites for hydroxylation is 1. The van der Waals surface area contributed by atoms with Crippen LogP contribution in [0.25, 0.3) is 0 Å². The number of rotatable bonds is 9. The van der Waals surface area contributed by atoms with Gasteiger partial charge in [0.05, 0.1) is 19.3 Å². The summed E-state index contributed by atoms with van der Waals surface area (Å²) in [5, 5.41) is 18.7. The first-order valence-electron chi connectivity index (χ1n) is 13.0. The summed E-state index contributed by atoms with van der Waals surface area (Å²) in [7, 11) is 3.56. The van der Waals surface area contributed by atoms with Crippen molar-refractivity contribution in [2.45, 2.75) is 62.6 Å². The Morgan fingerprint density at radius 2 is 1.86 bits per heavy atom. The van der Waals surface area contributed by atoms with Crippen molar-refractivity contribution in [2.24, 2.45) is 24.8 Å². The minimum Gasteiger partial charge on any atom is -0.497 e. The molecular formula is C27H36N4O4. The summed E-state index contributed by atoms with van der Waals surface area (Å²) in [6.07, 6.45) is 7.13. The second-order valence-corrected chi connectivity index (χ2v) is 11.2. The molecule has 4 bridgehead atoms. The van der Waals surface area contributed by atoms with E-state index >= 15 is 0 Å². The molecule has 5 saturated carbocycles. The molecule has 0 aliphatic heterocycles. The van der Waals surface area contributed by atoms with Gasteiger partial charge in [-0.2, -0.15) is 5.10 Å². The molecule has 0 spiro atoms. The SMILES string of the molecule is COc1ccc(OCCN(c2cc(C(=O)NC3C4CC5CC3CC(O)(C5)C4)nn2C)C2CC2)cc1. The smallest absolute Gasteiger partial charge is 0.272 e. The van der Waals surface area contributed by atoms with Crippen LogP contribution in [0.2, 0.25) is 0 Å². The van der Waals surface area contributed by atoms with Crippen LogP contribution in [-0.2, 0) is 7.05 Å². The summed E-state index contributed by atoms with van der Waals surface area (Å²) >= 11 is 0. The highest BCUT2D eigenvalue weighted by atomic mass is 16.5. The normalized spacial score (nSPS) is 30.8. The minimum atomic E-state index is -0.492. The van der Waals surface area contributed by atoms with E-state index in [0.717, 1.165) is 68.8 Å². The molecule has 8 heteroatoms. The molecule has 5 aliphatic carbocycles. The summed E-state index contributed by atoms with van der Waals surface area (Å²) in [5.74, 6) is 3.87. The van der Waals surface area contributed by atoms with E-state index in [4.69, 9.17) is 9.47 Å². The number of methoxy groups -OCH3 is 1. The van der Waals surface area contributed by atoms with Crippen LogP contribution in [0.15, 0.2) is 30.3 Å². The lowest BCUT2D eigenvalue weighted by atomic mass is 9.52. The lowest BCUT2D eigenvalue weighted by Gasteiger charge is -2.58. The third-order valence-corrected chi connectivity index (χ3v) is 8.57. The summed E-state index contributed by atoms with van der Waals surface area (Å²) in [4.78, 5) is 15.5. The lowest BCUT2D eigenvalue weighted by Crippen LogP contribution is -2.61. The molecule has 2 atom stereocenters. The maximum atomic E-state index is 13.2. The molecule has 2 N–H and O–H groups in total. The molecule has 1 heterocycles. The van der Waals surface area contributed by atoms with E-state index in [0.29, 0.717) is 36.1 Å². The number of aliphatic hydroxyl groups is 1. The van der Waals surface area contributed by atoms with Crippen LogP contribution in [0.4, 0.5) is 5.82 Å². The van der Waals surface area contributed by atoms with Gasteiger partial charge in [-0.05, 0) is 87.0 Å². The van der Waals surface area contributed by atoms with E-state index in [-0.39, 0.29) is 11.9 Å². The second-order valence-electron chi connectivity index (χ2n) is 11.2. The molecule has 1 aromatic carbocycles. The number of ether oxygens (including phenoxy) is 2. The lowest BCUT2D eigenvalue weighted by molar-refractivity contribution is -0.136. The minimum absolute atomic E-state index is 0.0958. The highest BCUT2D eigenvalue weighted by Crippen LogP contribution is 2.55. The number of hydrogen-bond acceptors (Lipinski definition) is 6. The molecule has 5 fully saturated rings. The maximum Gasteiger partial charge on any atom is 0.272 e. The number of carbonyl (C=O) groups excluding carboxylic acids is 1. The van der Waals surface area contributed by atoms with Crippen molar-refractivity contribution in [1.82, 2.24) is 15.1 Å². The van der Waals surface area contributed by atoms with E-state index in [1.54, 1.807) is 7.11 Å². The molecule has 1 amide bonds. The Morgan fingerprint density at radius 3 is 2.49 bits per heavy atom. The number of aromatic nitrogens is 2. The van der Waals surface area contributed by atoms with Gasteiger partial charge in [0.1, 0.15) is 23.9 Å². The van der Waals surface area contributed by atoms with Gasteiger partial charge >= 0.3 is 0 Å². The van der Waals surface area contributed by atoms with Gasteiger partial charge in [-0.15, -0.1) is 0 Å². The van der Waals surface area contributed by atoms with Gasteiger partial charge in [-0.25, -0.2) is 0 Å². The number of anilines is 1. The second kappa shape index (κ2) is 8.73. The van der Waals surface area contributed by atoms with E-state index in [1.165, 1.54) is 0 Å². The molecule has 8 nitrogen and oxygen atoms in total. The van der Waals surface area contributed by atoms with Gasteiger partial charge in [-0.3, -0.25) is 9.48 Å². The fraction of sp³-hybridized carbons (Fsp3) is 0.630. The quantitative estimate of drug-likeness (QED) is 0.573. The number of nitrogens with zero attached hydrogens (tertiary/aromatic N) is 3. The largest absolute Gasteiger partial charge is 0.497 e. The molecule has 1 aromatic heterocycles. The van der Waals surface area contributed by atoms with E-state index in [2.05, 4.69) is 15.3 Å². The Kier molecular flexibility index (Phi) is 5.66. The molecule has 0 radical (unpaired) electrons. The highest BCUT2D eigenvalue weighted by Gasteiger charge is 2.55. The highest BCUT2D eigenvalue weighted by molar-refractivity contribution is 5.93. The van der Waals surface area contributed by atoms with Crippen LogP contribution in [0.3, 0.4) is 0 Å². The van der Waals surface area contributed by atoms with Crippen LogP contribution < -0.4 is 19.7 Å². The van der Waals surface area contributed by atoms with Crippen LogP contribution in [0.1, 0.15) is 55.4 Å². The number of amides is 1. The fourth-order valence-corrected chi connectivity index (χ4v) is 7.08. The fourth-order valence-electron chi connectivity index (χ4n) is 7.08. The van der Waals surface area contributed by atoms with Crippen LogP contribution in [0.5, 0.6) is 11.5 Å². The topological polar surface area (TPSA) is 88.8 Å². The molecule has 5 aliphatic rings. The van der Waals surface area contributed by atoms with Crippen LogP contribution >= 0.6 is 0 Å². The molecular weight excluding hydrogens is 444 g/mol. The van der Waals surface area contributed by atoms with Gasteiger partial charge in [-0.1, -0.05) is 0 Å². The number of nitrogens with one attached hydrogen (secondary N) is 1. The average Bonchev–Trinajstić information content (AvgIpc) is 3.59. The standard InChI is InChI=1S/C27H36N4O4/c1-30-24(31(20-3-4-20)9-10-35-22-7-5-21(34-2)6-8-22)13-23(29-30)26(32)28-25-18-11-17-12-19(25)16-27(33,14-17)15-18/h5-8,13,17-20,25,33H,3-4,9-12,14-16H2,1-2H3,(H,28,32). The van der Waals surface area contributed by atoms with E-state index in [9.17, 15) is 9.90 Å². The molecule has 188 valence electrons. The Labute approximate surface area is 206 Å². The van der Waals surface area contributed by atoms with Crippen LogP contribution in [0, 0.1) is 17.8 Å². The first-order valence-corrected chi connectivity index (χ1v) is 13.0. The van der Waals surface area contributed by atoms with Gasteiger partial charge in [0, 0.05) is 25.2 Å². The monoisotopic (exact) mass is 480 g/mol.